The van der Waals surface area contributed by atoms with Crippen molar-refractivity contribution in [3.63, 3.8) is 0 Å². The van der Waals surface area contributed by atoms with Crippen LogP contribution in [0.1, 0.15) is 12.8 Å². The Kier molecular flexibility index (Phi) is 3.91. The second-order valence-corrected chi connectivity index (χ2v) is 6.58. The van der Waals surface area contributed by atoms with Crippen LogP contribution in [0.2, 0.25) is 5.15 Å². The first kappa shape index (κ1) is 13.3. The second-order valence-electron chi connectivity index (χ2n) is 4.26. The lowest BCUT2D eigenvalue weighted by Crippen LogP contribution is -2.33. The largest absolute Gasteiger partial charge is 0.244 e. The van der Waals surface area contributed by atoms with E-state index in [1.807, 2.05) is 0 Å². The third-order valence-electron chi connectivity index (χ3n) is 2.76. The zero-order chi connectivity index (χ0) is 13.2. The van der Waals surface area contributed by atoms with Crippen LogP contribution >= 0.6 is 11.6 Å². The first-order valence-corrected chi connectivity index (χ1v) is 7.41. The summed E-state index contributed by atoms with van der Waals surface area (Å²) >= 11 is 5.72. The van der Waals surface area contributed by atoms with Gasteiger partial charge in [0.05, 0.1) is 11.4 Å². The van der Waals surface area contributed by atoms with Crippen LogP contribution in [0, 0.1) is 18.3 Å². The van der Waals surface area contributed by atoms with Crippen LogP contribution in [-0.2, 0) is 10.0 Å². The highest BCUT2D eigenvalue weighted by molar-refractivity contribution is 7.89. The molecule has 1 aromatic rings. The van der Waals surface area contributed by atoms with E-state index in [1.165, 1.54) is 22.6 Å². The van der Waals surface area contributed by atoms with Crippen LogP contribution in [0.5, 0.6) is 0 Å². The van der Waals surface area contributed by atoms with Crippen molar-refractivity contribution < 1.29 is 8.42 Å². The Morgan fingerprint density at radius 1 is 1.56 bits per heavy atom. The summed E-state index contributed by atoms with van der Waals surface area (Å²) in [6.07, 6.45) is 8.74. The van der Waals surface area contributed by atoms with E-state index >= 15 is 0 Å². The van der Waals surface area contributed by atoms with Gasteiger partial charge in [-0.1, -0.05) is 17.5 Å². The predicted molar refractivity (Wildman–Crippen MR) is 69.6 cm³/mol. The highest BCUT2D eigenvalue weighted by Crippen LogP contribution is 2.31. The highest BCUT2D eigenvalue weighted by atomic mass is 35.5. The van der Waals surface area contributed by atoms with Gasteiger partial charge in [-0.15, -0.1) is 6.42 Å². The van der Waals surface area contributed by atoms with E-state index in [0.29, 0.717) is 12.5 Å². The first-order valence-electron chi connectivity index (χ1n) is 5.59. The number of hydrogen-bond donors (Lipinski definition) is 0. The number of terminal acetylenes is 1. The summed E-state index contributed by atoms with van der Waals surface area (Å²) in [6.45, 7) is 0.561. The van der Waals surface area contributed by atoms with Gasteiger partial charge in [-0.25, -0.2) is 13.4 Å². The molecule has 0 unspecified atom stereocenters. The molecule has 2 rings (SSSR count). The van der Waals surface area contributed by atoms with Gasteiger partial charge < -0.3 is 0 Å². The predicted octanol–water partition coefficient (Wildman–Crippen LogP) is 1.77. The Bertz CT molecular complexity index is 576. The molecule has 0 bridgehead atoms. The number of sulfonamides is 1. The summed E-state index contributed by atoms with van der Waals surface area (Å²) in [6, 6.07) is 2.77. The zero-order valence-corrected chi connectivity index (χ0v) is 11.3. The Balaban J connectivity index is 2.29. The van der Waals surface area contributed by atoms with Gasteiger partial charge in [-0.05, 0) is 30.9 Å². The normalized spacial score (nSPS) is 15.6. The average molecular weight is 285 g/mol. The molecule has 0 radical (unpaired) electrons. The molecule has 0 N–H and O–H groups in total. The van der Waals surface area contributed by atoms with Crippen molar-refractivity contribution >= 4 is 21.6 Å². The summed E-state index contributed by atoms with van der Waals surface area (Å²) in [7, 11) is -3.57. The van der Waals surface area contributed by atoms with Crippen LogP contribution in [0.25, 0.3) is 0 Å². The lowest BCUT2D eigenvalue weighted by Gasteiger charge is -2.19. The molecule has 18 heavy (non-hydrogen) atoms. The van der Waals surface area contributed by atoms with Crippen molar-refractivity contribution in [1.82, 2.24) is 9.29 Å². The van der Waals surface area contributed by atoms with E-state index in [-0.39, 0.29) is 16.6 Å². The topological polar surface area (TPSA) is 50.3 Å². The smallest absolute Gasteiger partial charge is 0.244 e. The number of hydrogen-bond acceptors (Lipinski definition) is 3. The molecule has 6 heteroatoms. The van der Waals surface area contributed by atoms with E-state index in [0.717, 1.165) is 12.8 Å². The van der Waals surface area contributed by atoms with Crippen molar-refractivity contribution in [3.8, 4) is 12.3 Å². The highest BCUT2D eigenvalue weighted by Gasteiger charge is 2.31. The number of nitrogens with zero attached hydrogens (tertiary/aromatic N) is 2. The number of aromatic nitrogens is 1. The van der Waals surface area contributed by atoms with Gasteiger partial charge in [0.2, 0.25) is 10.0 Å². The Labute approximate surface area is 112 Å². The quantitative estimate of drug-likeness (QED) is 0.612. The summed E-state index contributed by atoms with van der Waals surface area (Å²) in [5, 5.41) is 0.156. The number of halogens is 1. The van der Waals surface area contributed by atoms with Gasteiger partial charge in [-0.2, -0.15) is 4.31 Å². The molecular weight excluding hydrogens is 272 g/mol. The van der Waals surface area contributed by atoms with Gasteiger partial charge in [0, 0.05) is 12.7 Å². The first-order chi connectivity index (χ1) is 8.54. The monoisotopic (exact) mass is 284 g/mol. The van der Waals surface area contributed by atoms with Crippen molar-refractivity contribution in [3.05, 3.63) is 23.5 Å². The van der Waals surface area contributed by atoms with E-state index in [9.17, 15) is 8.42 Å². The van der Waals surface area contributed by atoms with E-state index in [1.54, 1.807) is 0 Å². The lowest BCUT2D eigenvalue weighted by atomic mass is 10.4. The van der Waals surface area contributed by atoms with Gasteiger partial charge >= 0.3 is 0 Å². The summed E-state index contributed by atoms with van der Waals surface area (Å²) < 4.78 is 26.1. The van der Waals surface area contributed by atoms with Crippen LogP contribution in [0.3, 0.4) is 0 Å². The van der Waals surface area contributed by atoms with Crippen LogP contribution in [-0.4, -0.2) is 30.8 Å². The van der Waals surface area contributed by atoms with E-state index in [4.69, 9.17) is 18.0 Å². The molecule has 1 saturated carbocycles. The average Bonchev–Trinajstić information content (AvgIpc) is 3.12. The fourth-order valence-electron chi connectivity index (χ4n) is 1.63. The van der Waals surface area contributed by atoms with Crippen molar-refractivity contribution in [2.45, 2.75) is 17.7 Å². The molecule has 0 atom stereocenters. The maximum atomic E-state index is 12.4. The van der Waals surface area contributed by atoms with Gasteiger partial charge in [0.1, 0.15) is 5.15 Å². The molecule has 1 aliphatic rings. The SMILES string of the molecule is C#CCN(CC1CC1)S(=O)(=O)c1ccnc(Cl)c1. The lowest BCUT2D eigenvalue weighted by molar-refractivity contribution is 0.430. The Hall–Kier alpha value is -1.09. The van der Waals surface area contributed by atoms with Gasteiger partial charge in [-0.3, -0.25) is 0 Å². The minimum absolute atomic E-state index is 0.0821. The van der Waals surface area contributed by atoms with Crippen molar-refractivity contribution in [1.29, 1.82) is 0 Å². The maximum Gasteiger partial charge on any atom is 0.244 e. The van der Waals surface area contributed by atoms with Crippen molar-refractivity contribution in [2.75, 3.05) is 13.1 Å². The fourth-order valence-corrected chi connectivity index (χ4v) is 3.31. The maximum absolute atomic E-state index is 12.4. The molecule has 0 aromatic carbocycles. The Morgan fingerprint density at radius 3 is 2.83 bits per heavy atom. The molecule has 0 saturated heterocycles. The van der Waals surface area contributed by atoms with Crippen LogP contribution < -0.4 is 0 Å². The van der Waals surface area contributed by atoms with E-state index < -0.39 is 10.0 Å². The molecule has 0 spiro atoms. The summed E-state index contributed by atoms with van der Waals surface area (Å²) in [5.74, 6) is 2.83. The molecule has 1 aliphatic carbocycles. The van der Waals surface area contributed by atoms with Gasteiger partial charge in [0.15, 0.2) is 0 Å². The van der Waals surface area contributed by atoms with Gasteiger partial charge in [0.25, 0.3) is 0 Å². The van der Waals surface area contributed by atoms with E-state index in [2.05, 4.69) is 10.9 Å². The van der Waals surface area contributed by atoms with Crippen molar-refractivity contribution in [2.24, 2.45) is 5.92 Å². The molecule has 96 valence electrons. The third kappa shape index (κ3) is 3.02. The molecule has 1 fully saturated rings. The van der Waals surface area contributed by atoms with Crippen LogP contribution in [0.4, 0.5) is 0 Å². The summed E-state index contributed by atoms with van der Waals surface area (Å²) in [5.41, 5.74) is 0. The molecule has 0 aliphatic heterocycles. The molecule has 0 amide bonds. The zero-order valence-electron chi connectivity index (χ0n) is 9.71. The minimum atomic E-state index is -3.57. The Morgan fingerprint density at radius 2 is 2.28 bits per heavy atom. The minimum Gasteiger partial charge on any atom is -0.244 e. The molecule has 1 heterocycles. The fraction of sp³-hybridized carbons (Fsp3) is 0.417. The number of rotatable bonds is 5. The molecule has 1 aromatic heterocycles. The molecule has 4 nitrogen and oxygen atoms in total. The molecular formula is C12H13ClN2O2S. The standard InChI is InChI=1S/C12H13ClN2O2S/c1-2-7-15(9-10-3-4-10)18(16,17)11-5-6-14-12(13)8-11/h1,5-6,8,10H,3-4,7,9H2. The summed E-state index contributed by atoms with van der Waals surface area (Å²) in [4.78, 5) is 3.91. The number of pyridine rings is 1. The third-order valence-corrected chi connectivity index (χ3v) is 4.78. The van der Waals surface area contributed by atoms with Crippen LogP contribution in [0.15, 0.2) is 23.2 Å². The second kappa shape index (κ2) is 5.27.